The maximum absolute atomic E-state index is 13.0. The highest BCUT2D eigenvalue weighted by Crippen LogP contribution is 2.24. The van der Waals surface area contributed by atoms with E-state index in [4.69, 9.17) is 4.74 Å². The van der Waals surface area contributed by atoms with Gasteiger partial charge < -0.3 is 10.1 Å². The molecule has 11 heteroatoms. The fraction of sp³-hybridized carbons (Fsp3) is 0.381. The van der Waals surface area contributed by atoms with Crippen molar-refractivity contribution in [2.45, 2.75) is 24.3 Å². The van der Waals surface area contributed by atoms with Crippen LogP contribution in [0.5, 0.6) is 0 Å². The summed E-state index contributed by atoms with van der Waals surface area (Å²) in [4.78, 5) is 13.1. The average molecular weight is 482 g/mol. The number of para-hydroxylation sites is 1. The molecule has 9 nitrogen and oxygen atoms in total. The zero-order chi connectivity index (χ0) is 23.4. The average Bonchev–Trinajstić information content (AvgIpc) is 2.78. The number of rotatable bonds is 8. The van der Waals surface area contributed by atoms with Gasteiger partial charge in [-0.15, -0.1) is 0 Å². The molecule has 0 saturated carbocycles. The minimum atomic E-state index is -3.73. The summed E-state index contributed by atoms with van der Waals surface area (Å²) in [6, 6.07) is 13.3. The SMILES string of the molecule is CCC(C(=O)Nc1ccc(S(=O)(=O)N2CCOCC2)cc1)N(c1ccccc1)S(C)(=O)=O. The van der Waals surface area contributed by atoms with E-state index in [0.29, 0.717) is 37.7 Å². The highest BCUT2D eigenvalue weighted by atomic mass is 32.2. The molecule has 1 aliphatic heterocycles. The van der Waals surface area contributed by atoms with E-state index in [-0.39, 0.29) is 11.3 Å². The molecule has 1 amide bonds. The van der Waals surface area contributed by atoms with Crippen LogP contribution in [0.3, 0.4) is 0 Å². The van der Waals surface area contributed by atoms with Crippen LogP contribution in [-0.2, 0) is 29.6 Å². The van der Waals surface area contributed by atoms with Crippen LogP contribution in [0, 0.1) is 0 Å². The standard InChI is InChI=1S/C21H27N3O6S2/c1-3-20(24(31(2,26)27)18-7-5-4-6-8-18)21(25)22-17-9-11-19(12-10-17)32(28,29)23-13-15-30-16-14-23/h4-12,20H,3,13-16H2,1-2H3,(H,22,25). The van der Waals surface area contributed by atoms with Gasteiger partial charge in [-0.2, -0.15) is 4.31 Å². The first-order valence-electron chi connectivity index (χ1n) is 10.2. The Labute approximate surface area is 189 Å². The second-order valence-electron chi connectivity index (χ2n) is 7.35. The predicted molar refractivity (Wildman–Crippen MR) is 122 cm³/mol. The summed E-state index contributed by atoms with van der Waals surface area (Å²) in [5.41, 5.74) is 0.764. The van der Waals surface area contributed by atoms with E-state index in [1.807, 2.05) is 0 Å². The van der Waals surface area contributed by atoms with E-state index in [1.54, 1.807) is 37.3 Å². The molecule has 1 fully saturated rings. The summed E-state index contributed by atoms with van der Waals surface area (Å²) in [5.74, 6) is -0.509. The number of carbonyl (C=O) groups excluding carboxylic acids is 1. The minimum Gasteiger partial charge on any atom is -0.379 e. The van der Waals surface area contributed by atoms with Crippen molar-refractivity contribution in [1.29, 1.82) is 0 Å². The predicted octanol–water partition coefficient (Wildman–Crippen LogP) is 1.89. The van der Waals surface area contributed by atoms with Crippen LogP contribution in [0.25, 0.3) is 0 Å². The second kappa shape index (κ2) is 9.99. The third kappa shape index (κ3) is 5.47. The molecule has 0 spiro atoms. The maximum Gasteiger partial charge on any atom is 0.248 e. The maximum atomic E-state index is 13.0. The lowest BCUT2D eigenvalue weighted by atomic mass is 10.2. The van der Waals surface area contributed by atoms with Crippen molar-refractivity contribution in [2.75, 3.05) is 42.2 Å². The minimum absolute atomic E-state index is 0.117. The molecular formula is C21H27N3O6S2. The highest BCUT2D eigenvalue weighted by Gasteiger charge is 2.31. The van der Waals surface area contributed by atoms with Crippen LogP contribution in [0.1, 0.15) is 13.3 Å². The summed E-state index contributed by atoms with van der Waals surface area (Å²) in [5, 5.41) is 2.70. The second-order valence-corrected chi connectivity index (χ2v) is 11.1. The molecular weight excluding hydrogens is 454 g/mol. The molecule has 1 atom stereocenters. The molecule has 0 aromatic heterocycles. The number of anilines is 2. The first-order valence-corrected chi connectivity index (χ1v) is 13.5. The summed E-state index contributed by atoms with van der Waals surface area (Å²) in [6.07, 6.45) is 1.30. The summed E-state index contributed by atoms with van der Waals surface area (Å²) in [6.45, 7) is 3.01. The van der Waals surface area contributed by atoms with Gasteiger partial charge in [-0.3, -0.25) is 9.10 Å². The molecule has 2 aromatic rings. The van der Waals surface area contributed by atoms with Crippen molar-refractivity contribution in [1.82, 2.24) is 4.31 Å². The quantitative estimate of drug-likeness (QED) is 0.616. The largest absolute Gasteiger partial charge is 0.379 e. The number of benzene rings is 2. The van der Waals surface area contributed by atoms with E-state index in [0.717, 1.165) is 10.6 Å². The monoisotopic (exact) mass is 481 g/mol. The van der Waals surface area contributed by atoms with Gasteiger partial charge in [0.05, 0.1) is 30.1 Å². The van der Waals surface area contributed by atoms with Crippen LogP contribution >= 0.6 is 0 Å². The zero-order valence-electron chi connectivity index (χ0n) is 18.0. The summed E-state index contributed by atoms with van der Waals surface area (Å²) in [7, 11) is -7.37. The molecule has 1 N–H and O–H groups in total. The van der Waals surface area contributed by atoms with Gasteiger partial charge in [0.1, 0.15) is 6.04 Å². The molecule has 32 heavy (non-hydrogen) atoms. The smallest absolute Gasteiger partial charge is 0.248 e. The van der Waals surface area contributed by atoms with E-state index >= 15 is 0 Å². The van der Waals surface area contributed by atoms with Crippen LogP contribution in [0.2, 0.25) is 0 Å². The lowest BCUT2D eigenvalue weighted by Crippen LogP contribution is -2.47. The number of nitrogens with one attached hydrogen (secondary N) is 1. The van der Waals surface area contributed by atoms with Crippen LogP contribution in [-0.4, -0.2) is 65.6 Å². The molecule has 2 aromatic carbocycles. The van der Waals surface area contributed by atoms with Crippen molar-refractivity contribution in [3.63, 3.8) is 0 Å². The van der Waals surface area contributed by atoms with Crippen molar-refractivity contribution < 1.29 is 26.4 Å². The number of morpholine rings is 1. The highest BCUT2D eigenvalue weighted by molar-refractivity contribution is 7.92. The van der Waals surface area contributed by atoms with Gasteiger partial charge >= 0.3 is 0 Å². The van der Waals surface area contributed by atoms with Crippen molar-refractivity contribution in [3.05, 3.63) is 54.6 Å². The van der Waals surface area contributed by atoms with Crippen molar-refractivity contribution in [2.24, 2.45) is 0 Å². The molecule has 1 unspecified atom stereocenters. The van der Waals surface area contributed by atoms with Crippen molar-refractivity contribution in [3.8, 4) is 0 Å². The van der Waals surface area contributed by atoms with E-state index < -0.39 is 32.0 Å². The first-order chi connectivity index (χ1) is 15.1. The topological polar surface area (TPSA) is 113 Å². The Kier molecular flexibility index (Phi) is 7.55. The molecule has 0 aliphatic carbocycles. The number of sulfonamides is 2. The fourth-order valence-electron chi connectivity index (χ4n) is 3.51. The Morgan fingerprint density at radius 2 is 1.62 bits per heavy atom. The Morgan fingerprint density at radius 1 is 1.03 bits per heavy atom. The molecule has 0 bridgehead atoms. The number of hydrogen-bond donors (Lipinski definition) is 1. The van der Waals surface area contributed by atoms with Crippen molar-refractivity contribution >= 4 is 37.3 Å². The molecule has 1 saturated heterocycles. The lowest BCUT2D eigenvalue weighted by molar-refractivity contribution is -0.117. The van der Waals surface area contributed by atoms with Gasteiger partial charge in [-0.1, -0.05) is 25.1 Å². The van der Waals surface area contributed by atoms with Crippen LogP contribution < -0.4 is 9.62 Å². The van der Waals surface area contributed by atoms with Gasteiger partial charge in [0, 0.05) is 18.8 Å². The third-order valence-corrected chi connectivity index (χ3v) is 8.16. The zero-order valence-corrected chi connectivity index (χ0v) is 19.6. The molecule has 0 radical (unpaired) electrons. The van der Waals surface area contributed by atoms with Crippen LogP contribution in [0.4, 0.5) is 11.4 Å². The number of amides is 1. The van der Waals surface area contributed by atoms with E-state index in [2.05, 4.69) is 5.32 Å². The summed E-state index contributed by atoms with van der Waals surface area (Å²) >= 11 is 0. The third-order valence-electron chi connectivity index (χ3n) is 5.07. The lowest BCUT2D eigenvalue weighted by Gasteiger charge is -2.30. The number of nitrogens with zero attached hydrogens (tertiary/aromatic N) is 2. The number of hydrogen-bond acceptors (Lipinski definition) is 6. The van der Waals surface area contributed by atoms with Gasteiger partial charge in [0.15, 0.2) is 0 Å². The number of ether oxygens (including phenoxy) is 1. The molecule has 3 rings (SSSR count). The Bertz CT molecular complexity index is 1130. The molecule has 1 aliphatic rings. The fourth-order valence-corrected chi connectivity index (χ4v) is 6.13. The normalized spacial score (nSPS) is 16.3. The molecule has 174 valence electrons. The van der Waals surface area contributed by atoms with Gasteiger partial charge in [0.25, 0.3) is 0 Å². The summed E-state index contributed by atoms with van der Waals surface area (Å²) < 4.78 is 58.1. The Balaban J connectivity index is 1.79. The van der Waals surface area contributed by atoms with E-state index in [1.165, 1.54) is 28.6 Å². The van der Waals surface area contributed by atoms with Gasteiger partial charge in [-0.25, -0.2) is 16.8 Å². The first kappa shape index (κ1) is 24.2. The van der Waals surface area contributed by atoms with Crippen LogP contribution in [0.15, 0.2) is 59.5 Å². The Morgan fingerprint density at radius 3 is 2.16 bits per heavy atom. The van der Waals surface area contributed by atoms with E-state index in [9.17, 15) is 21.6 Å². The van der Waals surface area contributed by atoms with Gasteiger partial charge in [-0.05, 0) is 42.8 Å². The van der Waals surface area contributed by atoms with Gasteiger partial charge in [0.2, 0.25) is 26.0 Å². The molecule has 1 heterocycles. The Hall–Kier alpha value is -2.47. The number of carbonyl (C=O) groups is 1.